The summed E-state index contributed by atoms with van der Waals surface area (Å²) in [6.45, 7) is 2.37. The number of hydrogen-bond donors (Lipinski definition) is 2. The second-order valence-corrected chi connectivity index (χ2v) is 6.44. The number of halogens is 2. The van der Waals surface area contributed by atoms with Crippen LogP contribution in [0.4, 0.5) is 4.79 Å². The molecule has 1 saturated carbocycles. The van der Waals surface area contributed by atoms with Crippen molar-refractivity contribution in [1.82, 2.24) is 10.2 Å². The zero-order valence-corrected chi connectivity index (χ0v) is 13.7. The molecule has 0 aliphatic heterocycles. The van der Waals surface area contributed by atoms with Gasteiger partial charge >= 0.3 is 6.03 Å². The Morgan fingerprint density at radius 3 is 2.86 bits per heavy atom. The highest BCUT2D eigenvalue weighted by Crippen LogP contribution is 2.49. The number of aliphatic hydroxyl groups is 1. The van der Waals surface area contributed by atoms with Crippen molar-refractivity contribution in [2.75, 3.05) is 20.2 Å². The molecule has 1 aromatic rings. The predicted molar refractivity (Wildman–Crippen MR) is 85.0 cm³/mol. The third kappa shape index (κ3) is 4.02. The minimum Gasteiger partial charge on any atom is -0.394 e. The first-order valence-electron chi connectivity index (χ1n) is 7.00. The van der Waals surface area contributed by atoms with E-state index in [2.05, 4.69) is 5.32 Å². The van der Waals surface area contributed by atoms with Gasteiger partial charge in [0.15, 0.2) is 0 Å². The number of benzene rings is 1. The standard InChI is InChI=1S/C15H20Cl2N2O2/c1-9(8-20)19(2)15(21)18-7-10-5-13(10)12-4-3-11(16)6-14(12)17/h3-4,6,9-10,13,20H,5,7-8H2,1-2H3,(H,18,21)/t9-,10-,13+/m1/s1. The van der Waals surface area contributed by atoms with Gasteiger partial charge in [-0.25, -0.2) is 4.79 Å². The highest BCUT2D eigenvalue weighted by atomic mass is 35.5. The zero-order chi connectivity index (χ0) is 15.6. The maximum Gasteiger partial charge on any atom is 0.317 e. The van der Waals surface area contributed by atoms with E-state index in [1.54, 1.807) is 20.0 Å². The van der Waals surface area contributed by atoms with Gasteiger partial charge in [0.05, 0.1) is 12.6 Å². The summed E-state index contributed by atoms with van der Waals surface area (Å²) in [4.78, 5) is 13.4. The summed E-state index contributed by atoms with van der Waals surface area (Å²) in [6.07, 6.45) is 1.01. The molecule has 2 amide bonds. The van der Waals surface area contributed by atoms with E-state index in [0.29, 0.717) is 28.4 Å². The minimum absolute atomic E-state index is 0.0453. The molecule has 0 spiro atoms. The van der Waals surface area contributed by atoms with Gasteiger partial charge in [-0.1, -0.05) is 29.3 Å². The lowest BCUT2D eigenvalue weighted by atomic mass is 10.1. The molecule has 1 aliphatic rings. The highest BCUT2D eigenvalue weighted by Gasteiger charge is 2.39. The Bertz CT molecular complexity index is 524. The van der Waals surface area contributed by atoms with Crippen LogP contribution in [0.25, 0.3) is 0 Å². The summed E-state index contributed by atoms with van der Waals surface area (Å²) in [6, 6.07) is 5.20. The summed E-state index contributed by atoms with van der Waals surface area (Å²) >= 11 is 12.1. The number of urea groups is 1. The van der Waals surface area contributed by atoms with E-state index in [1.165, 1.54) is 4.90 Å². The Balaban J connectivity index is 1.83. The van der Waals surface area contributed by atoms with Gasteiger partial charge < -0.3 is 15.3 Å². The van der Waals surface area contributed by atoms with Gasteiger partial charge in [0.25, 0.3) is 0 Å². The molecule has 2 N–H and O–H groups in total. The van der Waals surface area contributed by atoms with Crippen LogP contribution < -0.4 is 5.32 Å². The van der Waals surface area contributed by atoms with E-state index in [1.807, 2.05) is 12.1 Å². The molecule has 4 nitrogen and oxygen atoms in total. The fraction of sp³-hybridized carbons (Fsp3) is 0.533. The lowest BCUT2D eigenvalue weighted by molar-refractivity contribution is 0.157. The van der Waals surface area contributed by atoms with Crippen molar-refractivity contribution in [3.8, 4) is 0 Å². The summed E-state index contributed by atoms with van der Waals surface area (Å²) in [5.74, 6) is 0.793. The molecule has 1 fully saturated rings. The lowest BCUT2D eigenvalue weighted by Crippen LogP contribution is -2.44. The number of aliphatic hydroxyl groups excluding tert-OH is 1. The van der Waals surface area contributed by atoms with Crippen molar-refractivity contribution < 1.29 is 9.90 Å². The quantitative estimate of drug-likeness (QED) is 0.871. The van der Waals surface area contributed by atoms with Crippen LogP contribution >= 0.6 is 23.2 Å². The van der Waals surface area contributed by atoms with Gasteiger partial charge in [-0.3, -0.25) is 0 Å². The van der Waals surface area contributed by atoms with Crippen molar-refractivity contribution in [2.45, 2.75) is 25.3 Å². The lowest BCUT2D eigenvalue weighted by Gasteiger charge is -2.23. The third-order valence-electron chi connectivity index (χ3n) is 4.05. The van der Waals surface area contributed by atoms with Crippen LogP contribution in [-0.4, -0.2) is 42.3 Å². The van der Waals surface area contributed by atoms with Crippen molar-refractivity contribution in [3.63, 3.8) is 0 Å². The first-order chi connectivity index (χ1) is 9.93. The van der Waals surface area contributed by atoms with Crippen LogP contribution in [0.1, 0.15) is 24.8 Å². The molecule has 0 aromatic heterocycles. The summed E-state index contributed by atoms with van der Waals surface area (Å²) < 4.78 is 0. The zero-order valence-electron chi connectivity index (χ0n) is 12.1. The molecule has 3 atom stereocenters. The Labute approximate surface area is 135 Å². The Morgan fingerprint density at radius 2 is 2.24 bits per heavy atom. The third-order valence-corrected chi connectivity index (χ3v) is 4.61. The molecule has 0 saturated heterocycles. The number of rotatable bonds is 5. The average molecular weight is 331 g/mol. The molecule has 1 aliphatic carbocycles. The normalized spacial score (nSPS) is 21.8. The molecule has 6 heteroatoms. The number of likely N-dealkylation sites (N-methyl/N-ethyl adjacent to an activating group) is 1. The molecular weight excluding hydrogens is 311 g/mol. The fourth-order valence-corrected chi connectivity index (χ4v) is 2.87. The second kappa shape index (κ2) is 6.86. The summed E-state index contributed by atoms with van der Waals surface area (Å²) in [5, 5.41) is 13.3. The maximum atomic E-state index is 11.9. The van der Waals surface area contributed by atoms with Gasteiger partial charge in [-0.15, -0.1) is 0 Å². The number of carbonyl (C=O) groups is 1. The second-order valence-electron chi connectivity index (χ2n) is 5.60. The van der Waals surface area contributed by atoms with Gasteiger partial charge in [-0.05, 0) is 42.9 Å². The highest BCUT2D eigenvalue weighted by molar-refractivity contribution is 6.35. The van der Waals surface area contributed by atoms with Crippen LogP contribution in [0, 0.1) is 5.92 Å². The van der Waals surface area contributed by atoms with Gasteiger partial charge in [0, 0.05) is 23.6 Å². The van der Waals surface area contributed by atoms with Crippen molar-refractivity contribution in [1.29, 1.82) is 0 Å². The van der Waals surface area contributed by atoms with E-state index < -0.39 is 0 Å². The molecular formula is C15H20Cl2N2O2. The van der Waals surface area contributed by atoms with Gasteiger partial charge in [0.1, 0.15) is 0 Å². The SMILES string of the molecule is C[C@H](CO)N(C)C(=O)NC[C@H]1C[C@@H]1c1ccc(Cl)cc1Cl. The Kier molecular flexibility index (Phi) is 5.36. The molecule has 1 aromatic carbocycles. The topological polar surface area (TPSA) is 52.6 Å². The molecule has 21 heavy (non-hydrogen) atoms. The van der Waals surface area contributed by atoms with Crippen molar-refractivity contribution in [2.24, 2.45) is 5.92 Å². The molecule has 2 rings (SSSR count). The van der Waals surface area contributed by atoms with Crippen molar-refractivity contribution in [3.05, 3.63) is 33.8 Å². The molecule has 116 valence electrons. The van der Waals surface area contributed by atoms with Crippen LogP contribution in [0.2, 0.25) is 10.0 Å². The van der Waals surface area contributed by atoms with E-state index in [0.717, 1.165) is 12.0 Å². The Morgan fingerprint density at radius 1 is 1.52 bits per heavy atom. The summed E-state index contributed by atoms with van der Waals surface area (Å²) in [7, 11) is 1.68. The average Bonchev–Trinajstić information content (AvgIpc) is 3.22. The van der Waals surface area contributed by atoms with Crippen LogP contribution in [0.5, 0.6) is 0 Å². The van der Waals surface area contributed by atoms with Crippen molar-refractivity contribution >= 4 is 29.2 Å². The summed E-state index contributed by atoms with van der Waals surface area (Å²) in [5.41, 5.74) is 1.09. The van der Waals surface area contributed by atoms with Crippen LogP contribution in [0.15, 0.2) is 18.2 Å². The monoisotopic (exact) mass is 330 g/mol. The number of amides is 2. The number of carbonyl (C=O) groups excluding carboxylic acids is 1. The number of nitrogens with zero attached hydrogens (tertiary/aromatic N) is 1. The molecule has 0 unspecified atom stereocenters. The van der Waals surface area contributed by atoms with Gasteiger partial charge in [-0.2, -0.15) is 0 Å². The maximum absolute atomic E-state index is 11.9. The van der Waals surface area contributed by atoms with Crippen LogP contribution in [-0.2, 0) is 0 Å². The first-order valence-corrected chi connectivity index (χ1v) is 7.76. The van der Waals surface area contributed by atoms with Gasteiger partial charge in [0.2, 0.25) is 0 Å². The fourth-order valence-electron chi connectivity index (χ4n) is 2.32. The smallest absolute Gasteiger partial charge is 0.317 e. The predicted octanol–water partition coefficient (Wildman–Crippen LogP) is 3.12. The van der Waals surface area contributed by atoms with Crippen LogP contribution in [0.3, 0.4) is 0 Å². The van der Waals surface area contributed by atoms with E-state index in [4.69, 9.17) is 28.3 Å². The van der Waals surface area contributed by atoms with E-state index in [-0.39, 0.29) is 18.7 Å². The molecule has 0 bridgehead atoms. The molecule has 0 radical (unpaired) electrons. The minimum atomic E-state index is -0.189. The largest absolute Gasteiger partial charge is 0.394 e. The van der Waals surface area contributed by atoms with E-state index >= 15 is 0 Å². The number of hydrogen-bond acceptors (Lipinski definition) is 2. The first kappa shape index (κ1) is 16.4. The number of nitrogens with one attached hydrogen (secondary N) is 1. The van der Waals surface area contributed by atoms with E-state index in [9.17, 15) is 4.79 Å². The Hall–Kier alpha value is -0.970. The molecule has 0 heterocycles.